The normalized spacial score (nSPS) is 25.9. The molecule has 0 saturated carbocycles. The molecule has 1 N–H and O–H groups in total. The molecular formula is C16H22N2O2. The summed E-state index contributed by atoms with van der Waals surface area (Å²) in [4.78, 5) is 14.0. The van der Waals surface area contributed by atoms with Crippen molar-refractivity contribution in [1.82, 2.24) is 10.2 Å². The van der Waals surface area contributed by atoms with E-state index in [-0.39, 0.29) is 6.09 Å². The Labute approximate surface area is 120 Å². The van der Waals surface area contributed by atoms with Gasteiger partial charge in [-0.3, -0.25) is 0 Å². The summed E-state index contributed by atoms with van der Waals surface area (Å²) in [5, 5.41) is 3.56. The monoisotopic (exact) mass is 274 g/mol. The number of hydrogen-bond donors (Lipinski definition) is 1. The molecule has 0 spiro atoms. The molecule has 2 aliphatic heterocycles. The van der Waals surface area contributed by atoms with E-state index in [1.807, 2.05) is 35.2 Å². The van der Waals surface area contributed by atoms with Gasteiger partial charge in [0.25, 0.3) is 0 Å². The summed E-state index contributed by atoms with van der Waals surface area (Å²) in [6.07, 6.45) is 3.32. The molecule has 4 nitrogen and oxygen atoms in total. The van der Waals surface area contributed by atoms with Crippen molar-refractivity contribution in [2.24, 2.45) is 5.92 Å². The average molecular weight is 274 g/mol. The van der Waals surface area contributed by atoms with Crippen LogP contribution in [0.5, 0.6) is 0 Å². The molecule has 2 fully saturated rings. The van der Waals surface area contributed by atoms with Gasteiger partial charge in [0.05, 0.1) is 0 Å². The minimum atomic E-state index is -0.169. The molecular weight excluding hydrogens is 252 g/mol. The van der Waals surface area contributed by atoms with Crippen LogP contribution in [-0.2, 0) is 11.3 Å². The van der Waals surface area contributed by atoms with E-state index < -0.39 is 0 Å². The van der Waals surface area contributed by atoms with Gasteiger partial charge in [-0.25, -0.2) is 4.79 Å². The molecule has 0 aliphatic carbocycles. The molecule has 2 aliphatic rings. The van der Waals surface area contributed by atoms with Crippen molar-refractivity contribution in [2.45, 2.75) is 31.9 Å². The fraction of sp³-hybridized carbons (Fsp3) is 0.562. The molecule has 2 atom stereocenters. The molecule has 1 aromatic rings. The van der Waals surface area contributed by atoms with E-state index in [1.165, 1.54) is 12.8 Å². The van der Waals surface area contributed by atoms with Gasteiger partial charge in [0.2, 0.25) is 0 Å². The Bertz CT molecular complexity index is 449. The summed E-state index contributed by atoms with van der Waals surface area (Å²) in [6.45, 7) is 3.13. The fourth-order valence-electron chi connectivity index (χ4n) is 3.22. The topological polar surface area (TPSA) is 41.6 Å². The number of hydrogen-bond acceptors (Lipinski definition) is 3. The van der Waals surface area contributed by atoms with E-state index in [1.54, 1.807) is 0 Å². The summed E-state index contributed by atoms with van der Waals surface area (Å²) in [6, 6.07) is 10.4. The van der Waals surface area contributed by atoms with Crippen LogP contribution in [0.3, 0.4) is 0 Å². The Kier molecular flexibility index (Phi) is 4.21. The predicted molar refractivity (Wildman–Crippen MR) is 77.3 cm³/mol. The number of nitrogens with zero attached hydrogens (tertiary/aromatic N) is 1. The van der Waals surface area contributed by atoms with Crippen LogP contribution in [-0.4, -0.2) is 36.7 Å². The lowest BCUT2D eigenvalue weighted by Crippen LogP contribution is -2.53. The summed E-state index contributed by atoms with van der Waals surface area (Å²) in [7, 11) is 0. The van der Waals surface area contributed by atoms with Gasteiger partial charge < -0.3 is 15.0 Å². The summed E-state index contributed by atoms with van der Waals surface area (Å²) < 4.78 is 5.41. The Balaban J connectivity index is 1.50. The number of likely N-dealkylation sites (tertiary alicyclic amines) is 1. The van der Waals surface area contributed by atoms with Crippen molar-refractivity contribution in [1.29, 1.82) is 0 Å². The zero-order valence-electron chi connectivity index (χ0n) is 11.8. The molecule has 108 valence electrons. The SMILES string of the molecule is O=C(OCc1ccccc1)N1CCC2NCCCC2C1. The molecule has 1 amide bonds. The molecule has 0 aromatic heterocycles. The molecule has 0 radical (unpaired) electrons. The Hall–Kier alpha value is -1.55. The van der Waals surface area contributed by atoms with E-state index in [4.69, 9.17) is 4.74 Å². The summed E-state index contributed by atoms with van der Waals surface area (Å²) in [5.74, 6) is 0.599. The van der Waals surface area contributed by atoms with Crippen LogP contribution in [0.2, 0.25) is 0 Å². The second-order valence-electron chi connectivity index (χ2n) is 5.74. The maximum absolute atomic E-state index is 12.1. The zero-order chi connectivity index (χ0) is 13.8. The van der Waals surface area contributed by atoms with Gasteiger partial charge in [0.1, 0.15) is 6.61 Å². The highest BCUT2D eigenvalue weighted by Crippen LogP contribution is 2.25. The molecule has 3 rings (SSSR count). The summed E-state index contributed by atoms with van der Waals surface area (Å²) in [5.41, 5.74) is 1.04. The fourth-order valence-corrected chi connectivity index (χ4v) is 3.22. The largest absolute Gasteiger partial charge is 0.445 e. The number of carbonyl (C=O) groups excluding carboxylic acids is 1. The first-order chi connectivity index (χ1) is 9.83. The second-order valence-corrected chi connectivity index (χ2v) is 5.74. The maximum atomic E-state index is 12.1. The quantitative estimate of drug-likeness (QED) is 0.900. The van der Waals surface area contributed by atoms with Crippen molar-refractivity contribution in [3.63, 3.8) is 0 Å². The Morgan fingerprint density at radius 3 is 3.00 bits per heavy atom. The number of fused-ring (bicyclic) bond motifs is 1. The first-order valence-electron chi connectivity index (χ1n) is 7.52. The van der Waals surface area contributed by atoms with Crippen molar-refractivity contribution in [3.05, 3.63) is 35.9 Å². The number of rotatable bonds is 2. The highest BCUT2D eigenvalue weighted by Gasteiger charge is 2.33. The van der Waals surface area contributed by atoms with Gasteiger partial charge in [-0.2, -0.15) is 0 Å². The van der Waals surface area contributed by atoms with E-state index in [2.05, 4.69) is 5.32 Å². The number of piperidine rings is 2. The molecule has 2 saturated heterocycles. The van der Waals surface area contributed by atoms with Crippen LogP contribution in [0.1, 0.15) is 24.8 Å². The third-order valence-corrected chi connectivity index (χ3v) is 4.36. The number of nitrogens with one attached hydrogen (secondary N) is 1. The van der Waals surface area contributed by atoms with E-state index in [0.717, 1.165) is 31.6 Å². The highest BCUT2D eigenvalue weighted by molar-refractivity contribution is 5.67. The maximum Gasteiger partial charge on any atom is 0.410 e. The minimum Gasteiger partial charge on any atom is -0.445 e. The third-order valence-electron chi connectivity index (χ3n) is 4.36. The number of ether oxygens (including phenoxy) is 1. The van der Waals surface area contributed by atoms with Gasteiger partial charge >= 0.3 is 6.09 Å². The summed E-state index contributed by atoms with van der Waals surface area (Å²) >= 11 is 0. The van der Waals surface area contributed by atoms with Crippen LogP contribution in [0, 0.1) is 5.92 Å². The Morgan fingerprint density at radius 2 is 2.15 bits per heavy atom. The smallest absolute Gasteiger partial charge is 0.410 e. The van der Waals surface area contributed by atoms with Crippen molar-refractivity contribution in [2.75, 3.05) is 19.6 Å². The molecule has 1 aromatic carbocycles. The van der Waals surface area contributed by atoms with Gasteiger partial charge in [0, 0.05) is 19.1 Å². The number of benzene rings is 1. The first-order valence-corrected chi connectivity index (χ1v) is 7.52. The standard InChI is InChI=1S/C16H22N2O2/c19-16(20-12-13-5-2-1-3-6-13)18-10-8-15-14(11-18)7-4-9-17-15/h1-3,5-6,14-15,17H,4,7-12H2. The highest BCUT2D eigenvalue weighted by atomic mass is 16.6. The molecule has 2 heterocycles. The third kappa shape index (κ3) is 3.12. The van der Waals surface area contributed by atoms with Gasteiger partial charge in [-0.05, 0) is 37.3 Å². The molecule has 20 heavy (non-hydrogen) atoms. The van der Waals surface area contributed by atoms with E-state index in [9.17, 15) is 4.79 Å². The molecule has 2 unspecified atom stereocenters. The van der Waals surface area contributed by atoms with Crippen molar-refractivity contribution >= 4 is 6.09 Å². The van der Waals surface area contributed by atoms with Gasteiger partial charge in [0.15, 0.2) is 0 Å². The zero-order valence-corrected chi connectivity index (χ0v) is 11.8. The number of carbonyl (C=O) groups is 1. The second kappa shape index (κ2) is 6.27. The van der Waals surface area contributed by atoms with E-state index >= 15 is 0 Å². The van der Waals surface area contributed by atoms with Crippen molar-refractivity contribution < 1.29 is 9.53 Å². The molecule has 0 bridgehead atoms. The minimum absolute atomic E-state index is 0.169. The molecule has 4 heteroatoms. The Morgan fingerprint density at radius 1 is 1.30 bits per heavy atom. The van der Waals surface area contributed by atoms with Crippen LogP contribution >= 0.6 is 0 Å². The van der Waals surface area contributed by atoms with Gasteiger partial charge in [-0.15, -0.1) is 0 Å². The number of amides is 1. The van der Waals surface area contributed by atoms with E-state index in [0.29, 0.717) is 18.6 Å². The van der Waals surface area contributed by atoms with Crippen molar-refractivity contribution in [3.8, 4) is 0 Å². The first kappa shape index (κ1) is 13.4. The van der Waals surface area contributed by atoms with Crippen LogP contribution < -0.4 is 5.32 Å². The van der Waals surface area contributed by atoms with Gasteiger partial charge in [-0.1, -0.05) is 30.3 Å². The van der Waals surface area contributed by atoms with Crippen LogP contribution in [0.4, 0.5) is 4.79 Å². The average Bonchev–Trinajstić information content (AvgIpc) is 2.53. The lowest BCUT2D eigenvalue weighted by atomic mass is 9.85. The lowest BCUT2D eigenvalue weighted by molar-refractivity contribution is 0.0640. The predicted octanol–water partition coefficient (Wildman–Crippen LogP) is 2.40. The van der Waals surface area contributed by atoms with Crippen LogP contribution in [0.15, 0.2) is 30.3 Å². The lowest BCUT2D eigenvalue weighted by Gasteiger charge is -2.41. The van der Waals surface area contributed by atoms with Crippen LogP contribution in [0.25, 0.3) is 0 Å².